The lowest BCUT2D eigenvalue weighted by molar-refractivity contribution is -0.713. The fraction of sp³-hybridized carbons (Fsp3) is 0.333. The Morgan fingerprint density at radius 3 is 3.00 bits per heavy atom. The molecular formula is C6H9ClN4S. The first-order chi connectivity index (χ1) is 5.27. The second-order valence-electron chi connectivity index (χ2n) is 2.39. The van der Waals surface area contributed by atoms with Gasteiger partial charge in [0.15, 0.2) is 0 Å². The van der Waals surface area contributed by atoms with Crippen molar-refractivity contribution < 1.29 is 17.0 Å². The molecule has 0 aliphatic carbocycles. The molecular weight excluding hydrogens is 196 g/mol. The van der Waals surface area contributed by atoms with Crippen LogP contribution >= 0.6 is 11.8 Å². The summed E-state index contributed by atoms with van der Waals surface area (Å²) in [6.45, 7) is 0.944. The third kappa shape index (κ3) is 1.42. The van der Waals surface area contributed by atoms with Crippen LogP contribution in [0.1, 0.15) is 0 Å². The number of nitrogens with zero attached hydrogens (tertiary/aromatic N) is 2. The lowest BCUT2D eigenvalue weighted by Crippen LogP contribution is -3.00. The lowest BCUT2D eigenvalue weighted by atomic mass is 10.5. The van der Waals surface area contributed by atoms with Gasteiger partial charge < -0.3 is 23.9 Å². The molecule has 66 valence electrons. The van der Waals surface area contributed by atoms with E-state index in [1.165, 1.54) is 0 Å². The average molecular weight is 205 g/mol. The Balaban J connectivity index is 0.000000720. The number of fused-ring (bicyclic) bond motifs is 1. The zero-order chi connectivity index (χ0) is 7.84. The predicted octanol–water partition coefficient (Wildman–Crippen LogP) is -3.36. The van der Waals surface area contributed by atoms with Crippen molar-refractivity contribution in [1.29, 1.82) is 0 Å². The van der Waals surface area contributed by atoms with Gasteiger partial charge in [0.1, 0.15) is 0 Å². The van der Waals surface area contributed by atoms with E-state index in [0.29, 0.717) is 11.6 Å². The Kier molecular flexibility index (Phi) is 2.64. The molecule has 0 atom stereocenters. The van der Waals surface area contributed by atoms with Crippen molar-refractivity contribution in [3.05, 3.63) is 6.07 Å². The number of halogens is 1. The molecule has 0 radical (unpaired) electrons. The van der Waals surface area contributed by atoms with Gasteiger partial charge in [-0.1, -0.05) is 4.98 Å². The van der Waals surface area contributed by atoms with Crippen LogP contribution in [0.4, 0.5) is 11.6 Å². The molecule has 4 nitrogen and oxygen atoms in total. The van der Waals surface area contributed by atoms with Gasteiger partial charge in [-0.15, -0.1) is 0 Å². The molecule has 0 amide bonds. The fourth-order valence-electron chi connectivity index (χ4n) is 1.11. The van der Waals surface area contributed by atoms with Crippen LogP contribution in [0, 0.1) is 0 Å². The highest BCUT2D eigenvalue weighted by molar-refractivity contribution is 7.99. The summed E-state index contributed by atoms with van der Waals surface area (Å²) in [7, 11) is 0. The van der Waals surface area contributed by atoms with E-state index < -0.39 is 0 Å². The van der Waals surface area contributed by atoms with Crippen molar-refractivity contribution in [2.45, 2.75) is 11.7 Å². The number of hydrogen-bond acceptors (Lipinski definition) is 4. The zero-order valence-electron chi connectivity index (χ0n) is 6.33. The molecule has 6 heteroatoms. The molecule has 0 saturated heterocycles. The number of anilines is 2. The quantitative estimate of drug-likeness (QED) is 0.342. The van der Waals surface area contributed by atoms with Gasteiger partial charge in [0.05, 0.1) is 12.6 Å². The van der Waals surface area contributed by atoms with Crippen LogP contribution in [-0.2, 0) is 6.54 Å². The number of thioether (sulfide) groups is 1. The van der Waals surface area contributed by atoms with Gasteiger partial charge in [-0.2, -0.15) is 0 Å². The van der Waals surface area contributed by atoms with E-state index in [-0.39, 0.29) is 12.4 Å². The van der Waals surface area contributed by atoms with Gasteiger partial charge in [-0.25, -0.2) is 4.57 Å². The molecule has 0 unspecified atom stereocenters. The van der Waals surface area contributed by atoms with Crippen molar-refractivity contribution in [3.63, 3.8) is 0 Å². The maximum atomic E-state index is 5.70. The third-order valence-corrected chi connectivity index (χ3v) is 2.57. The molecule has 1 aliphatic rings. The van der Waals surface area contributed by atoms with Crippen molar-refractivity contribution in [3.8, 4) is 0 Å². The van der Waals surface area contributed by atoms with E-state index in [4.69, 9.17) is 11.5 Å². The monoisotopic (exact) mass is 204 g/mol. The summed E-state index contributed by atoms with van der Waals surface area (Å²) in [5, 5.41) is 0.933. The fourth-order valence-corrected chi connectivity index (χ4v) is 2.09. The maximum Gasteiger partial charge on any atom is 0.301 e. The summed E-state index contributed by atoms with van der Waals surface area (Å²) in [4.78, 5) is 4.14. The maximum absolute atomic E-state index is 5.70. The molecule has 2 heterocycles. The molecule has 1 aromatic rings. The minimum Gasteiger partial charge on any atom is -1.00 e. The van der Waals surface area contributed by atoms with E-state index in [2.05, 4.69) is 4.98 Å². The molecule has 4 N–H and O–H groups in total. The predicted molar refractivity (Wildman–Crippen MR) is 44.0 cm³/mol. The lowest BCUT2D eigenvalue weighted by Gasteiger charge is -1.97. The largest absolute Gasteiger partial charge is 1.00 e. The molecule has 1 aliphatic heterocycles. The van der Waals surface area contributed by atoms with Crippen LogP contribution in [0.2, 0.25) is 0 Å². The highest BCUT2D eigenvalue weighted by atomic mass is 35.5. The average Bonchev–Trinajstić information content (AvgIpc) is 2.34. The molecule has 0 bridgehead atoms. The van der Waals surface area contributed by atoms with E-state index in [0.717, 1.165) is 17.5 Å². The Hall–Kier alpha value is -0.680. The number of rotatable bonds is 0. The minimum absolute atomic E-state index is 0. The smallest absolute Gasteiger partial charge is 0.301 e. The van der Waals surface area contributed by atoms with Crippen LogP contribution in [0.5, 0.6) is 0 Å². The molecule has 0 fully saturated rings. The van der Waals surface area contributed by atoms with E-state index in [9.17, 15) is 0 Å². The van der Waals surface area contributed by atoms with Crippen molar-refractivity contribution in [2.24, 2.45) is 0 Å². The third-order valence-electron chi connectivity index (χ3n) is 1.61. The highest BCUT2D eigenvalue weighted by Gasteiger charge is 2.21. The topological polar surface area (TPSA) is 68.8 Å². The van der Waals surface area contributed by atoms with Gasteiger partial charge in [-0.05, 0) is 11.8 Å². The second-order valence-corrected chi connectivity index (χ2v) is 3.45. The van der Waals surface area contributed by atoms with Crippen LogP contribution in [0.3, 0.4) is 0 Å². The minimum atomic E-state index is 0. The Labute approximate surface area is 80.8 Å². The number of nitrogen functional groups attached to an aromatic ring is 2. The molecule has 2 rings (SSSR count). The van der Waals surface area contributed by atoms with Gasteiger partial charge in [0.25, 0.3) is 0 Å². The summed E-state index contributed by atoms with van der Waals surface area (Å²) in [5.74, 6) is 2.25. The Morgan fingerprint density at radius 2 is 2.25 bits per heavy atom. The van der Waals surface area contributed by atoms with E-state index in [1.807, 2.05) is 4.57 Å². The molecule has 0 saturated carbocycles. The normalized spacial score (nSPS) is 13.7. The van der Waals surface area contributed by atoms with Gasteiger partial charge >= 0.3 is 5.16 Å². The highest BCUT2D eigenvalue weighted by Crippen LogP contribution is 2.19. The molecule has 0 aromatic carbocycles. The Bertz CT molecular complexity index is 304. The van der Waals surface area contributed by atoms with E-state index in [1.54, 1.807) is 17.8 Å². The van der Waals surface area contributed by atoms with Gasteiger partial charge in [-0.3, -0.25) is 0 Å². The second kappa shape index (κ2) is 3.37. The van der Waals surface area contributed by atoms with Crippen LogP contribution in [-0.4, -0.2) is 10.7 Å². The number of hydrogen-bond donors (Lipinski definition) is 2. The summed E-state index contributed by atoms with van der Waals surface area (Å²) >= 11 is 1.69. The van der Waals surface area contributed by atoms with Gasteiger partial charge in [0.2, 0.25) is 11.6 Å². The first-order valence-corrected chi connectivity index (χ1v) is 4.34. The summed E-state index contributed by atoms with van der Waals surface area (Å²) in [6.07, 6.45) is 0. The molecule has 0 spiro atoms. The summed E-state index contributed by atoms with van der Waals surface area (Å²) in [6, 6.07) is 1.69. The van der Waals surface area contributed by atoms with Crippen molar-refractivity contribution in [1.82, 2.24) is 4.98 Å². The van der Waals surface area contributed by atoms with Crippen molar-refractivity contribution >= 4 is 23.4 Å². The van der Waals surface area contributed by atoms with Crippen molar-refractivity contribution in [2.75, 3.05) is 17.2 Å². The van der Waals surface area contributed by atoms with Crippen LogP contribution < -0.4 is 28.4 Å². The number of aromatic nitrogens is 2. The molecule has 1 aromatic heterocycles. The first kappa shape index (κ1) is 9.41. The standard InChI is InChI=1S/C6H8N4S.ClH/c7-4-3-5(8)10-1-2-11-6(10)9-4;/h3H,1-2H2,(H3,7,8);1H. The van der Waals surface area contributed by atoms with Crippen LogP contribution in [0.15, 0.2) is 11.2 Å². The number of nitrogens with two attached hydrogens (primary N) is 2. The zero-order valence-corrected chi connectivity index (χ0v) is 7.90. The molecule has 12 heavy (non-hydrogen) atoms. The Morgan fingerprint density at radius 1 is 1.50 bits per heavy atom. The van der Waals surface area contributed by atoms with Gasteiger partial charge in [0, 0.05) is 5.75 Å². The first-order valence-electron chi connectivity index (χ1n) is 3.36. The SMILES string of the molecule is Nc1cc(N)[n+]2c(n1)SCC2.[Cl-]. The van der Waals surface area contributed by atoms with Crippen LogP contribution in [0.25, 0.3) is 0 Å². The van der Waals surface area contributed by atoms with E-state index >= 15 is 0 Å². The summed E-state index contributed by atoms with van der Waals surface area (Å²) < 4.78 is 1.97. The summed E-state index contributed by atoms with van der Waals surface area (Å²) in [5.41, 5.74) is 11.2.